The van der Waals surface area contributed by atoms with Crippen molar-refractivity contribution in [3.63, 3.8) is 0 Å². The van der Waals surface area contributed by atoms with Gasteiger partial charge in [-0.1, -0.05) is 13.0 Å². The van der Waals surface area contributed by atoms with Gasteiger partial charge in [0, 0.05) is 19.5 Å². The molecule has 1 aromatic carbocycles. The zero-order valence-corrected chi connectivity index (χ0v) is 13.5. The minimum atomic E-state index is -0.301. The topological polar surface area (TPSA) is 38.8 Å². The van der Waals surface area contributed by atoms with Gasteiger partial charge in [0.1, 0.15) is 11.9 Å². The number of ether oxygens (including phenoxy) is 2. The van der Waals surface area contributed by atoms with E-state index in [9.17, 15) is 4.79 Å². The van der Waals surface area contributed by atoms with Gasteiger partial charge in [0.2, 0.25) is 0 Å². The molecule has 5 heteroatoms. The molecule has 1 aromatic rings. The molecule has 1 fully saturated rings. The molecular formula is C15H20BrNO3. The van der Waals surface area contributed by atoms with Crippen molar-refractivity contribution in [1.29, 1.82) is 0 Å². The third-order valence-corrected chi connectivity index (χ3v) is 4.17. The van der Waals surface area contributed by atoms with E-state index in [-0.39, 0.29) is 11.9 Å². The maximum absolute atomic E-state index is 12.3. The fourth-order valence-electron chi connectivity index (χ4n) is 2.32. The van der Waals surface area contributed by atoms with Crippen LogP contribution in [-0.2, 0) is 16.0 Å². The molecule has 2 rings (SSSR count). The molecule has 0 saturated carbocycles. The summed E-state index contributed by atoms with van der Waals surface area (Å²) in [7, 11) is 1.63. The van der Waals surface area contributed by atoms with Gasteiger partial charge in [-0.2, -0.15) is 0 Å². The Hall–Kier alpha value is -0.910. The first-order chi connectivity index (χ1) is 9.63. The van der Waals surface area contributed by atoms with Gasteiger partial charge < -0.3 is 9.47 Å². The number of morpholine rings is 1. The lowest BCUT2D eigenvalue weighted by molar-refractivity contribution is -0.135. The van der Waals surface area contributed by atoms with Crippen LogP contribution in [0.4, 0.5) is 0 Å². The SMILES string of the molecule is CCN1CCOC(C(=O)Cc2ccc(OC)c(Br)c2)C1. The van der Waals surface area contributed by atoms with Crippen molar-refractivity contribution >= 4 is 21.7 Å². The molecule has 0 aliphatic carbocycles. The van der Waals surface area contributed by atoms with Crippen LogP contribution < -0.4 is 4.74 Å². The summed E-state index contributed by atoms with van der Waals surface area (Å²) in [6, 6.07) is 5.71. The summed E-state index contributed by atoms with van der Waals surface area (Å²) in [4.78, 5) is 14.5. The number of hydrogen-bond acceptors (Lipinski definition) is 4. The van der Waals surface area contributed by atoms with E-state index >= 15 is 0 Å². The van der Waals surface area contributed by atoms with Gasteiger partial charge in [0.15, 0.2) is 5.78 Å². The first-order valence-corrected chi connectivity index (χ1v) is 7.62. The lowest BCUT2D eigenvalue weighted by atomic mass is 10.0. The molecular weight excluding hydrogens is 322 g/mol. The van der Waals surface area contributed by atoms with Crippen molar-refractivity contribution in [3.05, 3.63) is 28.2 Å². The Bertz CT molecular complexity index is 478. The second-order valence-electron chi connectivity index (χ2n) is 4.86. The number of Topliss-reactive ketones (excluding diaryl/α,β-unsaturated/α-hetero) is 1. The summed E-state index contributed by atoms with van der Waals surface area (Å²) in [6.45, 7) is 5.31. The van der Waals surface area contributed by atoms with Crippen molar-refractivity contribution in [3.8, 4) is 5.75 Å². The Morgan fingerprint density at radius 3 is 3.00 bits per heavy atom. The number of rotatable bonds is 5. The van der Waals surface area contributed by atoms with E-state index in [2.05, 4.69) is 27.8 Å². The number of methoxy groups -OCH3 is 1. The molecule has 0 spiro atoms. The highest BCUT2D eigenvalue weighted by Gasteiger charge is 2.25. The maximum atomic E-state index is 12.3. The van der Waals surface area contributed by atoms with Crippen LogP contribution in [-0.4, -0.2) is 50.1 Å². The normalized spacial score (nSPS) is 19.9. The monoisotopic (exact) mass is 341 g/mol. The van der Waals surface area contributed by atoms with Crippen LogP contribution in [0.5, 0.6) is 5.75 Å². The van der Waals surface area contributed by atoms with Crippen LogP contribution in [0.1, 0.15) is 12.5 Å². The van der Waals surface area contributed by atoms with E-state index in [1.165, 1.54) is 0 Å². The molecule has 0 N–H and O–H groups in total. The Balaban J connectivity index is 1.98. The van der Waals surface area contributed by atoms with Gasteiger partial charge in [-0.25, -0.2) is 0 Å². The highest BCUT2D eigenvalue weighted by molar-refractivity contribution is 9.10. The number of carbonyl (C=O) groups is 1. The molecule has 110 valence electrons. The Morgan fingerprint density at radius 2 is 2.35 bits per heavy atom. The van der Waals surface area contributed by atoms with E-state index in [0.29, 0.717) is 19.6 Å². The van der Waals surface area contributed by atoms with Crippen molar-refractivity contribution in [2.24, 2.45) is 0 Å². The van der Waals surface area contributed by atoms with Crippen LogP contribution in [0, 0.1) is 0 Å². The number of benzene rings is 1. The highest BCUT2D eigenvalue weighted by atomic mass is 79.9. The van der Waals surface area contributed by atoms with Crippen molar-refractivity contribution < 1.29 is 14.3 Å². The number of ketones is 1. The van der Waals surface area contributed by atoms with E-state index in [0.717, 1.165) is 28.9 Å². The first kappa shape index (κ1) is 15.5. The van der Waals surface area contributed by atoms with E-state index < -0.39 is 0 Å². The third kappa shape index (κ3) is 3.81. The maximum Gasteiger partial charge on any atom is 0.167 e. The number of likely N-dealkylation sites (N-methyl/N-ethyl adjacent to an activating group) is 1. The third-order valence-electron chi connectivity index (χ3n) is 3.55. The molecule has 0 bridgehead atoms. The number of carbonyl (C=O) groups excluding carboxylic acids is 1. The fourth-order valence-corrected chi connectivity index (χ4v) is 2.91. The van der Waals surface area contributed by atoms with Gasteiger partial charge in [-0.3, -0.25) is 9.69 Å². The predicted molar refractivity (Wildman–Crippen MR) is 81.3 cm³/mol. The van der Waals surface area contributed by atoms with Gasteiger partial charge in [-0.05, 0) is 40.2 Å². The standard InChI is InChI=1S/C15H20BrNO3/c1-3-17-6-7-20-15(10-17)13(18)9-11-4-5-14(19-2)12(16)8-11/h4-5,8,15H,3,6-7,9-10H2,1-2H3. The van der Waals surface area contributed by atoms with Crippen LogP contribution >= 0.6 is 15.9 Å². The fraction of sp³-hybridized carbons (Fsp3) is 0.533. The van der Waals surface area contributed by atoms with Crippen LogP contribution in [0.2, 0.25) is 0 Å². The Morgan fingerprint density at radius 1 is 1.55 bits per heavy atom. The summed E-state index contributed by atoms with van der Waals surface area (Å²) in [5, 5.41) is 0. The summed E-state index contributed by atoms with van der Waals surface area (Å²) in [5.41, 5.74) is 0.972. The smallest absolute Gasteiger partial charge is 0.167 e. The lowest BCUT2D eigenvalue weighted by Crippen LogP contribution is -2.46. The number of halogens is 1. The quantitative estimate of drug-likeness (QED) is 0.823. The minimum absolute atomic E-state index is 0.139. The molecule has 1 aliphatic heterocycles. The molecule has 1 heterocycles. The average Bonchev–Trinajstić information content (AvgIpc) is 2.47. The number of nitrogens with zero attached hydrogens (tertiary/aromatic N) is 1. The van der Waals surface area contributed by atoms with Crippen LogP contribution in [0.25, 0.3) is 0 Å². The summed E-state index contributed by atoms with van der Waals surface area (Å²) in [6.07, 6.45) is 0.0923. The highest BCUT2D eigenvalue weighted by Crippen LogP contribution is 2.26. The molecule has 1 aliphatic rings. The molecule has 1 unspecified atom stereocenters. The largest absolute Gasteiger partial charge is 0.496 e. The first-order valence-electron chi connectivity index (χ1n) is 6.83. The van der Waals surface area contributed by atoms with Crippen molar-refractivity contribution in [2.75, 3.05) is 33.4 Å². The van der Waals surface area contributed by atoms with Gasteiger partial charge >= 0.3 is 0 Å². The summed E-state index contributed by atoms with van der Waals surface area (Å²) < 4.78 is 11.6. The molecule has 0 radical (unpaired) electrons. The molecule has 0 amide bonds. The zero-order valence-electron chi connectivity index (χ0n) is 11.9. The molecule has 4 nitrogen and oxygen atoms in total. The van der Waals surface area contributed by atoms with Crippen molar-refractivity contribution in [2.45, 2.75) is 19.4 Å². The molecule has 0 aromatic heterocycles. The van der Waals surface area contributed by atoms with Gasteiger partial charge in [-0.15, -0.1) is 0 Å². The molecule has 20 heavy (non-hydrogen) atoms. The molecule has 1 atom stereocenters. The summed E-state index contributed by atoms with van der Waals surface area (Å²) in [5.74, 6) is 0.910. The van der Waals surface area contributed by atoms with Gasteiger partial charge in [0.25, 0.3) is 0 Å². The van der Waals surface area contributed by atoms with E-state index in [1.54, 1.807) is 7.11 Å². The van der Waals surface area contributed by atoms with E-state index in [4.69, 9.17) is 9.47 Å². The van der Waals surface area contributed by atoms with Crippen molar-refractivity contribution in [1.82, 2.24) is 4.90 Å². The second-order valence-corrected chi connectivity index (χ2v) is 5.72. The average molecular weight is 342 g/mol. The Kier molecular flexibility index (Phi) is 5.57. The van der Waals surface area contributed by atoms with Gasteiger partial charge in [0.05, 0.1) is 18.2 Å². The summed E-state index contributed by atoms with van der Waals surface area (Å²) >= 11 is 3.44. The van der Waals surface area contributed by atoms with Crippen LogP contribution in [0.3, 0.4) is 0 Å². The number of hydrogen-bond donors (Lipinski definition) is 0. The molecule has 1 saturated heterocycles. The minimum Gasteiger partial charge on any atom is -0.496 e. The second kappa shape index (κ2) is 7.20. The van der Waals surface area contributed by atoms with Crippen LogP contribution in [0.15, 0.2) is 22.7 Å². The zero-order chi connectivity index (χ0) is 14.5. The van der Waals surface area contributed by atoms with E-state index in [1.807, 2.05) is 18.2 Å². The lowest BCUT2D eigenvalue weighted by Gasteiger charge is -2.31. The Labute approximate surface area is 128 Å². The predicted octanol–water partition coefficient (Wildman–Crippen LogP) is 2.29.